The van der Waals surface area contributed by atoms with Gasteiger partial charge in [-0.05, 0) is 43.3 Å². The number of para-hydroxylation sites is 1. The lowest BCUT2D eigenvalue weighted by Crippen LogP contribution is -2.23. The van der Waals surface area contributed by atoms with Crippen molar-refractivity contribution < 1.29 is 13.9 Å². The summed E-state index contributed by atoms with van der Waals surface area (Å²) in [5.41, 5.74) is 1.10. The highest BCUT2D eigenvalue weighted by molar-refractivity contribution is 7.99. The van der Waals surface area contributed by atoms with Crippen LogP contribution < -0.4 is 4.74 Å². The smallest absolute Gasteiger partial charge is 0.232 e. The van der Waals surface area contributed by atoms with Gasteiger partial charge in [0.1, 0.15) is 11.6 Å². The van der Waals surface area contributed by atoms with E-state index >= 15 is 0 Å². The van der Waals surface area contributed by atoms with E-state index in [1.54, 1.807) is 36.9 Å². The van der Waals surface area contributed by atoms with Gasteiger partial charge in [0.05, 0.1) is 18.0 Å². The van der Waals surface area contributed by atoms with Gasteiger partial charge in [-0.25, -0.2) is 4.39 Å². The summed E-state index contributed by atoms with van der Waals surface area (Å²) in [4.78, 5) is 13.5. The molecule has 0 aliphatic heterocycles. The van der Waals surface area contributed by atoms with Crippen molar-refractivity contribution in [3.63, 3.8) is 0 Å². The molecule has 0 spiro atoms. The van der Waals surface area contributed by atoms with E-state index in [1.807, 2.05) is 31.2 Å². The van der Waals surface area contributed by atoms with Gasteiger partial charge in [0.2, 0.25) is 5.91 Å². The third kappa shape index (κ3) is 4.33. The van der Waals surface area contributed by atoms with E-state index in [-0.39, 0.29) is 11.7 Å². The number of ether oxygens (including phenoxy) is 1. The Hall–Kier alpha value is -2.87. The summed E-state index contributed by atoms with van der Waals surface area (Å²) in [6, 6.07) is 13.8. The van der Waals surface area contributed by atoms with Crippen LogP contribution in [0.25, 0.3) is 17.1 Å². The zero-order chi connectivity index (χ0) is 20.1. The Labute approximate surface area is 167 Å². The Kier molecular flexibility index (Phi) is 6.30. The molecule has 1 heterocycles. The van der Waals surface area contributed by atoms with Crippen LogP contribution >= 0.6 is 11.8 Å². The van der Waals surface area contributed by atoms with Crippen LogP contribution in [0.2, 0.25) is 0 Å². The van der Waals surface area contributed by atoms with Crippen molar-refractivity contribution in [1.82, 2.24) is 19.7 Å². The molecular formula is C20H21FN4O2S. The minimum Gasteiger partial charge on any atom is -0.494 e. The lowest BCUT2D eigenvalue weighted by molar-refractivity contribution is -0.125. The van der Waals surface area contributed by atoms with Gasteiger partial charge in [0, 0.05) is 19.7 Å². The van der Waals surface area contributed by atoms with Crippen LogP contribution in [0, 0.1) is 5.82 Å². The van der Waals surface area contributed by atoms with Gasteiger partial charge in [-0.1, -0.05) is 23.9 Å². The second-order valence-electron chi connectivity index (χ2n) is 6.13. The quantitative estimate of drug-likeness (QED) is 0.567. The molecule has 0 atom stereocenters. The van der Waals surface area contributed by atoms with Crippen molar-refractivity contribution in [2.24, 2.45) is 0 Å². The van der Waals surface area contributed by atoms with Crippen LogP contribution in [0.1, 0.15) is 6.92 Å². The SMILES string of the molecule is CCOc1ccc(-c2nnc(SCC(=O)N(C)C)n2-c2ccccc2F)cc1. The number of aromatic nitrogens is 3. The van der Waals surface area contributed by atoms with Crippen LogP contribution in [0.5, 0.6) is 5.75 Å². The van der Waals surface area contributed by atoms with E-state index in [0.717, 1.165) is 11.3 Å². The highest BCUT2D eigenvalue weighted by Gasteiger charge is 2.19. The number of hydrogen-bond acceptors (Lipinski definition) is 5. The normalized spacial score (nSPS) is 10.7. The van der Waals surface area contributed by atoms with Crippen molar-refractivity contribution in [3.05, 3.63) is 54.3 Å². The molecular weight excluding hydrogens is 379 g/mol. The number of amides is 1. The summed E-state index contributed by atoms with van der Waals surface area (Å²) in [5, 5.41) is 8.92. The third-order valence-corrected chi connectivity index (χ3v) is 4.89. The molecule has 0 aliphatic rings. The first kappa shape index (κ1) is 19.9. The Morgan fingerprint density at radius 1 is 1.14 bits per heavy atom. The van der Waals surface area contributed by atoms with E-state index in [0.29, 0.717) is 23.3 Å². The fraction of sp³-hybridized carbons (Fsp3) is 0.250. The molecule has 6 nitrogen and oxygen atoms in total. The molecule has 0 saturated carbocycles. The first-order valence-electron chi connectivity index (χ1n) is 8.77. The zero-order valence-electron chi connectivity index (χ0n) is 15.9. The number of hydrogen-bond donors (Lipinski definition) is 0. The maximum absolute atomic E-state index is 14.5. The summed E-state index contributed by atoms with van der Waals surface area (Å²) < 4.78 is 21.7. The zero-order valence-corrected chi connectivity index (χ0v) is 16.7. The van der Waals surface area contributed by atoms with Crippen LogP contribution in [0.3, 0.4) is 0 Å². The standard InChI is InChI=1S/C20H21FN4O2S/c1-4-27-15-11-9-14(10-12-15)19-22-23-20(28-13-18(26)24(2)3)25(19)17-8-6-5-7-16(17)21/h5-12H,4,13H2,1-3H3. The molecule has 0 N–H and O–H groups in total. The second kappa shape index (κ2) is 8.88. The molecule has 1 aromatic heterocycles. The van der Waals surface area contributed by atoms with Crippen LogP contribution in [0.15, 0.2) is 53.7 Å². The van der Waals surface area contributed by atoms with Gasteiger partial charge in [-0.2, -0.15) is 0 Å². The Bertz CT molecular complexity index is 957. The molecule has 8 heteroatoms. The predicted molar refractivity (Wildman–Crippen MR) is 107 cm³/mol. The molecule has 1 amide bonds. The van der Waals surface area contributed by atoms with E-state index in [9.17, 15) is 9.18 Å². The Balaban J connectivity index is 2.02. The maximum Gasteiger partial charge on any atom is 0.232 e. The summed E-state index contributed by atoms with van der Waals surface area (Å²) in [5.74, 6) is 0.969. The van der Waals surface area contributed by atoms with Crippen molar-refractivity contribution in [2.75, 3.05) is 26.5 Å². The first-order chi connectivity index (χ1) is 13.5. The van der Waals surface area contributed by atoms with Gasteiger partial charge >= 0.3 is 0 Å². The highest BCUT2D eigenvalue weighted by Crippen LogP contribution is 2.30. The van der Waals surface area contributed by atoms with Crippen molar-refractivity contribution in [3.8, 4) is 22.8 Å². The Morgan fingerprint density at radius 3 is 2.50 bits per heavy atom. The van der Waals surface area contributed by atoms with Gasteiger partial charge in [-0.15, -0.1) is 10.2 Å². The van der Waals surface area contributed by atoms with Crippen LogP contribution in [0.4, 0.5) is 4.39 Å². The minimum atomic E-state index is -0.393. The topological polar surface area (TPSA) is 60.3 Å². The Morgan fingerprint density at radius 2 is 1.86 bits per heavy atom. The molecule has 0 radical (unpaired) electrons. The number of nitrogens with zero attached hydrogens (tertiary/aromatic N) is 4. The van der Waals surface area contributed by atoms with Crippen LogP contribution in [-0.4, -0.2) is 52.0 Å². The summed E-state index contributed by atoms with van der Waals surface area (Å²) in [6.45, 7) is 2.49. The molecule has 2 aromatic carbocycles. The fourth-order valence-electron chi connectivity index (χ4n) is 2.52. The van der Waals surface area contributed by atoms with E-state index in [2.05, 4.69) is 10.2 Å². The monoisotopic (exact) mass is 400 g/mol. The summed E-state index contributed by atoms with van der Waals surface area (Å²) in [6.07, 6.45) is 0. The molecule has 0 saturated heterocycles. The molecule has 3 aromatic rings. The van der Waals surface area contributed by atoms with Gasteiger partial charge in [0.15, 0.2) is 11.0 Å². The average molecular weight is 400 g/mol. The molecule has 28 heavy (non-hydrogen) atoms. The van der Waals surface area contributed by atoms with E-state index in [4.69, 9.17) is 4.74 Å². The van der Waals surface area contributed by atoms with Crippen LogP contribution in [-0.2, 0) is 4.79 Å². The number of halogens is 1. The molecule has 0 aliphatic carbocycles. The molecule has 0 fully saturated rings. The number of rotatable bonds is 7. The minimum absolute atomic E-state index is 0.0595. The van der Waals surface area contributed by atoms with Crippen molar-refractivity contribution in [2.45, 2.75) is 12.1 Å². The predicted octanol–water partition coefficient (Wildman–Crippen LogP) is 3.65. The van der Waals surface area contributed by atoms with E-state index < -0.39 is 5.82 Å². The molecule has 146 valence electrons. The first-order valence-corrected chi connectivity index (χ1v) is 9.76. The largest absolute Gasteiger partial charge is 0.494 e. The maximum atomic E-state index is 14.5. The highest BCUT2D eigenvalue weighted by atomic mass is 32.2. The number of carbonyl (C=O) groups excluding carboxylic acids is 1. The molecule has 0 unspecified atom stereocenters. The van der Waals surface area contributed by atoms with Crippen molar-refractivity contribution in [1.29, 1.82) is 0 Å². The number of benzene rings is 2. The molecule has 3 rings (SSSR count). The van der Waals surface area contributed by atoms with Crippen molar-refractivity contribution >= 4 is 17.7 Å². The van der Waals surface area contributed by atoms with E-state index in [1.165, 1.54) is 22.7 Å². The van der Waals surface area contributed by atoms with Gasteiger partial charge < -0.3 is 9.64 Å². The van der Waals surface area contributed by atoms with Gasteiger partial charge in [-0.3, -0.25) is 9.36 Å². The third-order valence-electron chi connectivity index (χ3n) is 3.97. The lowest BCUT2D eigenvalue weighted by atomic mass is 10.2. The second-order valence-corrected chi connectivity index (χ2v) is 7.07. The van der Waals surface area contributed by atoms with Gasteiger partial charge in [0.25, 0.3) is 0 Å². The number of carbonyl (C=O) groups is 1. The summed E-state index contributed by atoms with van der Waals surface area (Å²) >= 11 is 1.22. The molecule has 0 bridgehead atoms. The lowest BCUT2D eigenvalue weighted by Gasteiger charge is -2.13. The number of thioether (sulfide) groups is 1. The summed E-state index contributed by atoms with van der Waals surface area (Å²) in [7, 11) is 3.38. The average Bonchev–Trinajstić information content (AvgIpc) is 3.11. The fourth-order valence-corrected chi connectivity index (χ4v) is 3.45.